The van der Waals surface area contributed by atoms with E-state index in [1.165, 1.54) is 0 Å². The van der Waals surface area contributed by atoms with Crippen LogP contribution in [0.1, 0.15) is 17.0 Å². The molecule has 0 spiro atoms. The van der Waals surface area contributed by atoms with Crippen LogP contribution in [0.3, 0.4) is 0 Å². The number of rotatable bonds is 12. The fourth-order valence-corrected chi connectivity index (χ4v) is 5.22. The van der Waals surface area contributed by atoms with Gasteiger partial charge in [-0.05, 0) is 31.2 Å². The van der Waals surface area contributed by atoms with Gasteiger partial charge < -0.3 is 33.1 Å². The van der Waals surface area contributed by atoms with Crippen molar-refractivity contribution in [1.29, 1.82) is 0 Å². The van der Waals surface area contributed by atoms with Crippen LogP contribution < -0.4 is 24.3 Å². The van der Waals surface area contributed by atoms with E-state index in [1.807, 2.05) is 97.9 Å². The molecule has 0 fully saturated rings. The molecule has 0 aliphatic rings. The highest BCUT2D eigenvalue weighted by Crippen LogP contribution is 2.41. The summed E-state index contributed by atoms with van der Waals surface area (Å²) in [6.07, 6.45) is 0.623. The number of nitrogens with zero attached hydrogens (tertiary/aromatic N) is 1. The minimum atomic E-state index is 0.453. The van der Waals surface area contributed by atoms with E-state index in [4.69, 9.17) is 32.8 Å². The molecular weight excluding hydrogens is 556 g/mol. The molecule has 0 radical (unpaired) electrons. The zero-order valence-electron chi connectivity index (χ0n) is 25.2. The second-order valence-electron chi connectivity index (χ2n) is 10.2. The van der Waals surface area contributed by atoms with Crippen LogP contribution in [0.4, 0.5) is 5.69 Å². The Morgan fingerprint density at radius 2 is 1.43 bits per heavy atom. The van der Waals surface area contributed by atoms with E-state index in [0.717, 1.165) is 56.3 Å². The van der Waals surface area contributed by atoms with Crippen LogP contribution in [-0.4, -0.2) is 32.9 Å². The van der Waals surface area contributed by atoms with Gasteiger partial charge in [-0.25, -0.2) is 4.98 Å². The maximum Gasteiger partial charge on any atom is 0.226 e. The SMILES string of the molecule is COc1cc(NCc2c(-c3ccccc3)oc3cc(OCCc4nc(-c5ccccc5)oc4C)ccc23)cc(OC)c1OC. The summed E-state index contributed by atoms with van der Waals surface area (Å²) in [5.41, 5.74) is 5.42. The summed E-state index contributed by atoms with van der Waals surface area (Å²) in [5.74, 6) is 4.63. The van der Waals surface area contributed by atoms with E-state index < -0.39 is 0 Å². The molecule has 8 heteroatoms. The van der Waals surface area contributed by atoms with E-state index in [0.29, 0.717) is 42.7 Å². The number of methoxy groups -OCH3 is 3. The lowest BCUT2D eigenvalue weighted by atomic mass is 10.1. The molecule has 8 nitrogen and oxygen atoms in total. The summed E-state index contributed by atoms with van der Waals surface area (Å²) in [7, 11) is 4.80. The summed E-state index contributed by atoms with van der Waals surface area (Å²) in [5, 5.41) is 4.51. The predicted octanol–water partition coefficient (Wildman–Crippen LogP) is 8.32. The number of fused-ring (bicyclic) bond motifs is 1. The van der Waals surface area contributed by atoms with Gasteiger partial charge in [0.25, 0.3) is 0 Å². The first-order chi connectivity index (χ1) is 21.6. The van der Waals surface area contributed by atoms with Gasteiger partial charge in [-0.1, -0.05) is 48.5 Å². The number of anilines is 1. The van der Waals surface area contributed by atoms with Crippen molar-refractivity contribution in [3.05, 3.63) is 108 Å². The first-order valence-corrected chi connectivity index (χ1v) is 14.4. The Bertz CT molecular complexity index is 1840. The van der Waals surface area contributed by atoms with Crippen molar-refractivity contribution in [3.8, 4) is 45.8 Å². The Hall–Kier alpha value is -5.37. The number of nitrogens with one attached hydrogen (secondary N) is 1. The fourth-order valence-electron chi connectivity index (χ4n) is 5.22. The molecule has 44 heavy (non-hydrogen) atoms. The number of hydrogen-bond acceptors (Lipinski definition) is 8. The Kier molecular flexibility index (Phi) is 8.41. The molecular formula is C36H34N2O6. The lowest BCUT2D eigenvalue weighted by Gasteiger charge is -2.15. The van der Waals surface area contributed by atoms with E-state index in [2.05, 4.69) is 5.32 Å². The smallest absolute Gasteiger partial charge is 0.226 e. The first-order valence-electron chi connectivity index (χ1n) is 14.4. The van der Waals surface area contributed by atoms with Crippen LogP contribution >= 0.6 is 0 Å². The molecule has 0 bridgehead atoms. The third-order valence-corrected chi connectivity index (χ3v) is 7.46. The van der Waals surface area contributed by atoms with Crippen LogP contribution in [0.25, 0.3) is 33.7 Å². The quantitative estimate of drug-likeness (QED) is 0.152. The van der Waals surface area contributed by atoms with Gasteiger partial charge in [0.1, 0.15) is 22.9 Å². The van der Waals surface area contributed by atoms with Crippen molar-refractivity contribution in [2.45, 2.75) is 19.9 Å². The molecule has 0 atom stereocenters. The molecule has 0 aliphatic carbocycles. The van der Waals surface area contributed by atoms with Crippen LogP contribution in [0.2, 0.25) is 0 Å². The average molecular weight is 591 g/mol. The number of aryl methyl sites for hydroxylation is 1. The number of hydrogen-bond donors (Lipinski definition) is 1. The van der Waals surface area contributed by atoms with Gasteiger partial charge in [-0.2, -0.15) is 0 Å². The number of aromatic nitrogens is 1. The molecule has 0 unspecified atom stereocenters. The van der Waals surface area contributed by atoms with Gasteiger partial charge >= 0.3 is 0 Å². The predicted molar refractivity (Wildman–Crippen MR) is 171 cm³/mol. The minimum absolute atomic E-state index is 0.453. The Balaban J connectivity index is 1.23. The van der Waals surface area contributed by atoms with Crippen LogP contribution in [0, 0.1) is 6.92 Å². The van der Waals surface area contributed by atoms with Crippen molar-refractivity contribution < 1.29 is 27.8 Å². The third-order valence-electron chi connectivity index (χ3n) is 7.46. The highest BCUT2D eigenvalue weighted by atomic mass is 16.5. The molecule has 0 saturated carbocycles. The number of benzene rings is 4. The molecule has 2 heterocycles. The topological polar surface area (TPSA) is 88.1 Å². The Morgan fingerprint density at radius 1 is 0.750 bits per heavy atom. The van der Waals surface area contributed by atoms with E-state index in [9.17, 15) is 0 Å². The molecule has 4 aromatic carbocycles. The second kappa shape index (κ2) is 12.9. The van der Waals surface area contributed by atoms with Crippen molar-refractivity contribution in [2.24, 2.45) is 0 Å². The molecule has 224 valence electrons. The normalized spacial score (nSPS) is 11.0. The highest BCUT2D eigenvalue weighted by molar-refractivity contribution is 5.89. The summed E-state index contributed by atoms with van der Waals surface area (Å²) in [4.78, 5) is 4.69. The molecule has 2 aromatic heterocycles. The molecule has 6 aromatic rings. The van der Waals surface area contributed by atoms with Crippen molar-refractivity contribution in [3.63, 3.8) is 0 Å². The monoisotopic (exact) mass is 590 g/mol. The standard InChI is InChI=1S/C36H34N2O6/c1-23-30(38-36(43-23)25-13-9-6-10-14-25)17-18-42-27-15-16-28-29(34(44-31(28)21-27)24-11-7-5-8-12-24)22-37-26-19-32(39-2)35(41-4)33(20-26)40-3/h5-16,19-21,37H,17-18,22H2,1-4H3. The molecule has 6 rings (SSSR count). The number of furan rings is 1. The molecule has 0 saturated heterocycles. The maximum absolute atomic E-state index is 6.46. The van der Waals surface area contributed by atoms with E-state index in [-0.39, 0.29) is 0 Å². The lowest BCUT2D eigenvalue weighted by Crippen LogP contribution is -2.03. The van der Waals surface area contributed by atoms with Crippen LogP contribution in [0.15, 0.2) is 99.8 Å². The van der Waals surface area contributed by atoms with E-state index >= 15 is 0 Å². The summed E-state index contributed by atoms with van der Waals surface area (Å²) in [6, 6.07) is 29.7. The van der Waals surface area contributed by atoms with Gasteiger partial charge in [0.15, 0.2) is 11.5 Å². The summed E-state index contributed by atoms with van der Waals surface area (Å²) in [6.45, 7) is 2.89. The van der Waals surface area contributed by atoms with Gasteiger partial charge in [0, 0.05) is 58.9 Å². The molecule has 0 amide bonds. The van der Waals surface area contributed by atoms with Gasteiger partial charge in [-0.3, -0.25) is 0 Å². The molecule has 1 N–H and O–H groups in total. The van der Waals surface area contributed by atoms with E-state index in [1.54, 1.807) is 21.3 Å². The summed E-state index contributed by atoms with van der Waals surface area (Å²) < 4.78 is 35.1. The highest BCUT2D eigenvalue weighted by Gasteiger charge is 2.19. The fraction of sp³-hybridized carbons (Fsp3) is 0.194. The zero-order valence-corrected chi connectivity index (χ0v) is 25.2. The van der Waals surface area contributed by atoms with Gasteiger partial charge in [0.05, 0.1) is 33.6 Å². The maximum atomic E-state index is 6.46. The average Bonchev–Trinajstić information content (AvgIpc) is 3.63. The number of oxazole rings is 1. The zero-order chi connectivity index (χ0) is 30.5. The van der Waals surface area contributed by atoms with Crippen LogP contribution in [0.5, 0.6) is 23.0 Å². The van der Waals surface area contributed by atoms with Crippen molar-refractivity contribution in [2.75, 3.05) is 33.3 Å². The Labute approximate surface area is 256 Å². The van der Waals surface area contributed by atoms with Gasteiger partial charge in [0.2, 0.25) is 11.6 Å². The minimum Gasteiger partial charge on any atom is -0.493 e. The largest absolute Gasteiger partial charge is 0.493 e. The first kappa shape index (κ1) is 28.7. The van der Waals surface area contributed by atoms with Crippen LogP contribution in [-0.2, 0) is 13.0 Å². The molecule has 0 aliphatic heterocycles. The van der Waals surface area contributed by atoms with Crippen molar-refractivity contribution >= 4 is 16.7 Å². The lowest BCUT2D eigenvalue weighted by molar-refractivity contribution is 0.320. The van der Waals surface area contributed by atoms with Crippen molar-refractivity contribution in [1.82, 2.24) is 4.98 Å². The third kappa shape index (κ3) is 5.92. The Morgan fingerprint density at radius 3 is 2.09 bits per heavy atom. The second-order valence-corrected chi connectivity index (χ2v) is 10.2. The number of ether oxygens (including phenoxy) is 4. The summed E-state index contributed by atoms with van der Waals surface area (Å²) >= 11 is 0. The van der Waals surface area contributed by atoms with Gasteiger partial charge in [-0.15, -0.1) is 0 Å².